The largest absolute Gasteiger partial charge is 0.394 e. The van der Waals surface area contributed by atoms with E-state index in [2.05, 4.69) is 0 Å². The smallest absolute Gasteiger partial charge is 0.186 e. The standard InChI is InChI=1S/C34H42O10S/c1-39-34-33(42-21-26-15-9-4-10-16-26)32(41-20-25-13-7-3-8-14-25)31(40-19-24-11-5-2-6-12-24)30(44-34)23-45(37,38)22-27-17-28(36)29(18-35)43-27/h2-16,27-36H,17-23H2,1H3/t27-,28-,29+,30+,31+,32-,33+,34-/m0/s1. The lowest BCUT2D eigenvalue weighted by molar-refractivity contribution is -0.313. The molecule has 0 saturated carbocycles. The van der Waals surface area contributed by atoms with Crippen molar-refractivity contribution >= 4 is 9.84 Å². The van der Waals surface area contributed by atoms with Crippen LogP contribution in [0.25, 0.3) is 0 Å². The monoisotopic (exact) mass is 642 g/mol. The lowest BCUT2D eigenvalue weighted by Gasteiger charge is -2.45. The van der Waals surface area contributed by atoms with Crippen LogP contribution in [0.15, 0.2) is 91.0 Å². The molecule has 244 valence electrons. The van der Waals surface area contributed by atoms with Gasteiger partial charge in [0, 0.05) is 13.5 Å². The second-order valence-electron chi connectivity index (χ2n) is 11.4. The normalized spacial score (nSPS) is 28.7. The van der Waals surface area contributed by atoms with Crippen LogP contribution in [0.5, 0.6) is 0 Å². The van der Waals surface area contributed by atoms with E-state index in [1.807, 2.05) is 91.0 Å². The molecule has 0 aromatic heterocycles. The van der Waals surface area contributed by atoms with Gasteiger partial charge in [-0.25, -0.2) is 8.42 Å². The quantitative estimate of drug-likeness (QED) is 0.255. The van der Waals surface area contributed by atoms with E-state index in [1.165, 1.54) is 7.11 Å². The fraction of sp³-hybridized carbons (Fsp3) is 0.471. The maximum absolute atomic E-state index is 13.6. The van der Waals surface area contributed by atoms with E-state index in [-0.39, 0.29) is 38.6 Å². The summed E-state index contributed by atoms with van der Waals surface area (Å²) in [4.78, 5) is 0. The molecule has 0 unspecified atom stereocenters. The molecule has 11 heteroatoms. The van der Waals surface area contributed by atoms with Gasteiger partial charge in [-0.1, -0.05) is 91.0 Å². The lowest BCUT2D eigenvalue weighted by Crippen LogP contribution is -2.62. The van der Waals surface area contributed by atoms with Crippen molar-refractivity contribution in [2.24, 2.45) is 0 Å². The molecule has 2 fully saturated rings. The third-order valence-electron chi connectivity index (χ3n) is 8.02. The van der Waals surface area contributed by atoms with Gasteiger partial charge in [0.15, 0.2) is 16.1 Å². The van der Waals surface area contributed by atoms with Crippen molar-refractivity contribution in [2.75, 3.05) is 25.2 Å². The molecule has 45 heavy (non-hydrogen) atoms. The Morgan fingerprint density at radius 3 is 1.64 bits per heavy atom. The van der Waals surface area contributed by atoms with E-state index in [1.54, 1.807) is 0 Å². The van der Waals surface area contributed by atoms with Crippen molar-refractivity contribution in [3.05, 3.63) is 108 Å². The minimum atomic E-state index is -3.81. The molecule has 0 spiro atoms. The molecular weight excluding hydrogens is 600 g/mol. The summed E-state index contributed by atoms with van der Waals surface area (Å²) in [6.45, 7) is 0.283. The second kappa shape index (κ2) is 16.2. The van der Waals surface area contributed by atoms with Gasteiger partial charge in [-0.15, -0.1) is 0 Å². The molecule has 0 amide bonds. The van der Waals surface area contributed by atoms with Gasteiger partial charge in [-0.2, -0.15) is 0 Å². The number of ether oxygens (including phenoxy) is 6. The zero-order valence-corrected chi connectivity index (χ0v) is 26.1. The number of benzene rings is 3. The van der Waals surface area contributed by atoms with Gasteiger partial charge in [0.2, 0.25) is 0 Å². The minimum absolute atomic E-state index is 0.114. The highest BCUT2D eigenvalue weighted by Gasteiger charge is 2.50. The Labute approximate surface area is 264 Å². The fourth-order valence-electron chi connectivity index (χ4n) is 5.76. The van der Waals surface area contributed by atoms with Crippen LogP contribution in [0, 0.1) is 0 Å². The van der Waals surface area contributed by atoms with Crippen LogP contribution in [0.4, 0.5) is 0 Å². The molecule has 10 nitrogen and oxygen atoms in total. The van der Waals surface area contributed by atoms with Gasteiger partial charge in [-0.3, -0.25) is 0 Å². The van der Waals surface area contributed by atoms with Crippen molar-refractivity contribution < 1.29 is 47.1 Å². The molecule has 0 aliphatic carbocycles. The average Bonchev–Trinajstić information content (AvgIpc) is 3.41. The topological polar surface area (TPSA) is 130 Å². The van der Waals surface area contributed by atoms with Crippen molar-refractivity contribution in [2.45, 2.75) is 75.3 Å². The molecular formula is C34H42O10S. The van der Waals surface area contributed by atoms with E-state index >= 15 is 0 Å². The number of hydrogen-bond acceptors (Lipinski definition) is 10. The second-order valence-corrected chi connectivity index (χ2v) is 13.6. The van der Waals surface area contributed by atoms with Crippen molar-refractivity contribution in [3.8, 4) is 0 Å². The number of methoxy groups -OCH3 is 1. The number of sulfone groups is 1. The van der Waals surface area contributed by atoms with E-state index in [0.29, 0.717) is 0 Å². The summed E-state index contributed by atoms with van der Waals surface area (Å²) in [5.41, 5.74) is 2.78. The number of aliphatic hydroxyl groups is 2. The number of aliphatic hydroxyl groups excluding tert-OH is 2. The summed E-state index contributed by atoms with van der Waals surface area (Å²) in [5, 5.41) is 19.6. The SMILES string of the molecule is CO[C@H]1O[C@H](CS(=O)(=O)C[C@@H]2C[C@H](O)[C@@H](CO)O2)[C@@H](OCc2ccccc2)[C@H](OCc2ccccc2)[C@H]1OCc1ccccc1. The minimum Gasteiger partial charge on any atom is -0.394 e. The van der Waals surface area contributed by atoms with Crippen LogP contribution in [0.3, 0.4) is 0 Å². The molecule has 2 heterocycles. The first-order valence-corrected chi connectivity index (χ1v) is 17.0. The highest BCUT2D eigenvalue weighted by Crippen LogP contribution is 2.32. The first-order chi connectivity index (χ1) is 21.8. The van der Waals surface area contributed by atoms with Gasteiger partial charge < -0.3 is 38.6 Å². The molecule has 2 saturated heterocycles. The van der Waals surface area contributed by atoms with Crippen LogP contribution >= 0.6 is 0 Å². The maximum atomic E-state index is 13.6. The Morgan fingerprint density at radius 2 is 1.18 bits per heavy atom. The van der Waals surface area contributed by atoms with Crippen molar-refractivity contribution in [1.29, 1.82) is 0 Å². The fourth-order valence-corrected chi connectivity index (χ4v) is 7.44. The van der Waals surface area contributed by atoms with Gasteiger partial charge in [0.1, 0.15) is 30.5 Å². The summed E-state index contributed by atoms with van der Waals surface area (Å²) < 4.78 is 64.2. The third kappa shape index (κ3) is 9.41. The molecule has 3 aromatic carbocycles. The van der Waals surface area contributed by atoms with Crippen molar-refractivity contribution in [3.63, 3.8) is 0 Å². The van der Waals surface area contributed by atoms with Crippen LogP contribution in [-0.2, 0) is 58.1 Å². The Bertz CT molecular complexity index is 1390. The Morgan fingerprint density at radius 1 is 0.689 bits per heavy atom. The Balaban J connectivity index is 1.41. The van der Waals surface area contributed by atoms with Crippen LogP contribution in [-0.4, -0.2) is 92.9 Å². The average molecular weight is 643 g/mol. The predicted molar refractivity (Wildman–Crippen MR) is 166 cm³/mol. The van der Waals surface area contributed by atoms with Gasteiger partial charge in [-0.05, 0) is 16.7 Å². The summed E-state index contributed by atoms with van der Waals surface area (Å²) >= 11 is 0. The van der Waals surface area contributed by atoms with Gasteiger partial charge >= 0.3 is 0 Å². The van der Waals surface area contributed by atoms with Crippen LogP contribution < -0.4 is 0 Å². The first kappa shape index (κ1) is 33.6. The van der Waals surface area contributed by atoms with E-state index in [9.17, 15) is 18.6 Å². The predicted octanol–water partition coefficient (Wildman–Crippen LogP) is 3.04. The van der Waals surface area contributed by atoms with Crippen LogP contribution in [0.1, 0.15) is 23.1 Å². The summed E-state index contributed by atoms with van der Waals surface area (Å²) in [6.07, 6.45) is -6.67. The summed E-state index contributed by atoms with van der Waals surface area (Å²) in [6, 6.07) is 28.9. The molecule has 0 bridgehead atoms. The molecule has 0 radical (unpaired) electrons. The molecule has 8 atom stereocenters. The maximum Gasteiger partial charge on any atom is 0.186 e. The van der Waals surface area contributed by atoms with Crippen LogP contribution in [0.2, 0.25) is 0 Å². The van der Waals surface area contributed by atoms with E-state index in [0.717, 1.165) is 16.7 Å². The zero-order valence-electron chi connectivity index (χ0n) is 25.3. The van der Waals surface area contributed by atoms with Crippen molar-refractivity contribution in [1.82, 2.24) is 0 Å². The lowest BCUT2D eigenvalue weighted by atomic mass is 9.98. The van der Waals surface area contributed by atoms with E-state index < -0.39 is 64.6 Å². The molecule has 2 N–H and O–H groups in total. The highest BCUT2D eigenvalue weighted by molar-refractivity contribution is 7.91. The number of rotatable bonds is 15. The molecule has 3 aromatic rings. The zero-order chi connectivity index (χ0) is 31.6. The van der Waals surface area contributed by atoms with Gasteiger partial charge in [0.05, 0.1) is 50.1 Å². The number of hydrogen-bond donors (Lipinski definition) is 2. The first-order valence-electron chi connectivity index (χ1n) is 15.1. The molecule has 5 rings (SSSR count). The molecule has 2 aliphatic rings. The van der Waals surface area contributed by atoms with E-state index in [4.69, 9.17) is 28.4 Å². The highest BCUT2D eigenvalue weighted by atomic mass is 32.2. The van der Waals surface area contributed by atoms with Gasteiger partial charge in [0.25, 0.3) is 0 Å². The third-order valence-corrected chi connectivity index (χ3v) is 9.73. The Hall–Kier alpha value is -2.71. The summed E-state index contributed by atoms with van der Waals surface area (Å²) in [7, 11) is -2.32. The summed E-state index contributed by atoms with van der Waals surface area (Å²) in [5.74, 6) is -0.740. The Kier molecular flexibility index (Phi) is 12.1. The molecule has 2 aliphatic heterocycles.